The Hall–Kier alpha value is -1.85. The zero-order valence-electron chi connectivity index (χ0n) is 12.7. The van der Waals surface area contributed by atoms with Gasteiger partial charge in [-0.1, -0.05) is 26.2 Å². The second-order valence-corrected chi connectivity index (χ2v) is 5.85. The van der Waals surface area contributed by atoms with Crippen molar-refractivity contribution in [3.05, 3.63) is 17.5 Å². The van der Waals surface area contributed by atoms with E-state index in [1.54, 1.807) is 17.9 Å². The van der Waals surface area contributed by atoms with Gasteiger partial charge in [0.05, 0.1) is 16.7 Å². The fraction of sp³-hybridized carbons (Fsp3) is 0.667. The summed E-state index contributed by atoms with van der Waals surface area (Å²) in [7, 11) is 1.77. The van der Waals surface area contributed by atoms with Crippen LogP contribution in [0.25, 0.3) is 0 Å². The summed E-state index contributed by atoms with van der Waals surface area (Å²) in [5, 5.41) is 16.6. The first-order valence-electron chi connectivity index (χ1n) is 7.52. The summed E-state index contributed by atoms with van der Waals surface area (Å²) >= 11 is 0. The van der Waals surface area contributed by atoms with Crippen molar-refractivity contribution in [2.45, 2.75) is 45.4 Å². The highest BCUT2D eigenvalue weighted by Gasteiger charge is 2.39. The van der Waals surface area contributed by atoms with E-state index < -0.39 is 11.4 Å². The highest BCUT2D eigenvalue weighted by molar-refractivity contribution is 5.95. The lowest BCUT2D eigenvalue weighted by Gasteiger charge is -2.33. The zero-order valence-corrected chi connectivity index (χ0v) is 12.7. The number of carbonyl (C=O) groups is 2. The van der Waals surface area contributed by atoms with Gasteiger partial charge >= 0.3 is 5.97 Å². The van der Waals surface area contributed by atoms with Crippen molar-refractivity contribution in [2.75, 3.05) is 6.54 Å². The van der Waals surface area contributed by atoms with E-state index in [-0.39, 0.29) is 12.5 Å². The first-order valence-corrected chi connectivity index (χ1v) is 7.52. The molecule has 6 nitrogen and oxygen atoms in total. The van der Waals surface area contributed by atoms with Crippen molar-refractivity contribution < 1.29 is 14.7 Å². The minimum absolute atomic E-state index is 0.194. The van der Waals surface area contributed by atoms with Crippen LogP contribution < -0.4 is 5.32 Å². The third kappa shape index (κ3) is 3.25. The quantitative estimate of drug-likeness (QED) is 0.866. The SMILES string of the molecule is CCc1nn(C)cc1C(=O)NCC1(C(=O)O)CCCCC1. The number of aryl methyl sites for hydroxylation is 2. The topological polar surface area (TPSA) is 84.2 Å². The fourth-order valence-electron chi connectivity index (χ4n) is 3.02. The summed E-state index contributed by atoms with van der Waals surface area (Å²) in [6.07, 6.45) is 6.53. The lowest BCUT2D eigenvalue weighted by Crippen LogP contribution is -2.44. The molecule has 6 heteroatoms. The van der Waals surface area contributed by atoms with Crippen LogP contribution in [-0.4, -0.2) is 33.3 Å². The molecule has 1 aliphatic carbocycles. The second-order valence-electron chi connectivity index (χ2n) is 5.85. The van der Waals surface area contributed by atoms with E-state index in [0.29, 0.717) is 24.8 Å². The van der Waals surface area contributed by atoms with E-state index in [2.05, 4.69) is 10.4 Å². The molecule has 21 heavy (non-hydrogen) atoms. The number of hydrogen-bond acceptors (Lipinski definition) is 3. The van der Waals surface area contributed by atoms with Crippen LogP contribution in [0.15, 0.2) is 6.20 Å². The van der Waals surface area contributed by atoms with E-state index in [1.807, 2.05) is 6.92 Å². The van der Waals surface area contributed by atoms with E-state index in [0.717, 1.165) is 25.0 Å². The minimum atomic E-state index is -0.803. The molecule has 1 heterocycles. The summed E-state index contributed by atoms with van der Waals surface area (Å²) in [6, 6.07) is 0. The van der Waals surface area contributed by atoms with E-state index >= 15 is 0 Å². The van der Waals surface area contributed by atoms with E-state index in [1.165, 1.54) is 0 Å². The number of nitrogens with zero attached hydrogens (tertiary/aromatic N) is 2. The normalized spacial score (nSPS) is 17.4. The molecule has 0 aliphatic heterocycles. The molecule has 2 rings (SSSR count). The molecule has 0 atom stereocenters. The van der Waals surface area contributed by atoms with Gasteiger partial charge in [-0.3, -0.25) is 14.3 Å². The van der Waals surface area contributed by atoms with Crippen LogP contribution >= 0.6 is 0 Å². The number of aromatic nitrogens is 2. The summed E-state index contributed by atoms with van der Waals surface area (Å²) in [5.74, 6) is -1.03. The molecule has 0 bridgehead atoms. The average molecular weight is 293 g/mol. The third-order valence-electron chi connectivity index (χ3n) is 4.34. The summed E-state index contributed by atoms with van der Waals surface area (Å²) in [6.45, 7) is 2.14. The molecule has 0 unspecified atom stereocenters. The number of rotatable bonds is 5. The smallest absolute Gasteiger partial charge is 0.311 e. The van der Waals surface area contributed by atoms with E-state index in [4.69, 9.17) is 0 Å². The van der Waals surface area contributed by atoms with Gasteiger partial charge in [0, 0.05) is 19.8 Å². The van der Waals surface area contributed by atoms with Crippen LogP contribution in [-0.2, 0) is 18.3 Å². The molecule has 0 spiro atoms. The first kappa shape index (κ1) is 15.5. The monoisotopic (exact) mass is 293 g/mol. The van der Waals surface area contributed by atoms with Crippen LogP contribution in [0, 0.1) is 5.41 Å². The Morgan fingerprint density at radius 3 is 2.62 bits per heavy atom. The molecule has 1 aromatic heterocycles. The van der Waals surface area contributed by atoms with Crippen LogP contribution in [0.3, 0.4) is 0 Å². The Morgan fingerprint density at radius 2 is 2.05 bits per heavy atom. The van der Waals surface area contributed by atoms with Gasteiger partial charge in [-0.05, 0) is 19.3 Å². The number of carbonyl (C=O) groups excluding carboxylic acids is 1. The maximum absolute atomic E-state index is 12.3. The fourth-order valence-corrected chi connectivity index (χ4v) is 3.02. The van der Waals surface area contributed by atoms with Crippen molar-refractivity contribution in [3.63, 3.8) is 0 Å². The lowest BCUT2D eigenvalue weighted by molar-refractivity contribution is -0.150. The van der Waals surface area contributed by atoms with Crippen molar-refractivity contribution in [3.8, 4) is 0 Å². The highest BCUT2D eigenvalue weighted by atomic mass is 16.4. The largest absolute Gasteiger partial charge is 0.481 e. The van der Waals surface area contributed by atoms with Crippen LogP contribution in [0.4, 0.5) is 0 Å². The van der Waals surface area contributed by atoms with Gasteiger partial charge in [0.15, 0.2) is 0 Å². The molecule has 1 fully saturated rings. The molecular formula is C15H23N3O3. The summed E-state index contributed by atoms with van der Waals surface area (Å²) in [5.41, 5.74) is 0.474. The number of carboxylic acids is 1. The zero-order chi connectivity index (χ0) is 15.5. The van der Waals surface area contributed by atoms with Gasteiger partial charge in [0.1, 0.15) is 0 Å². The lowest BCUT2D eigenvalue weighted by atomic mass is 9.74. The Kier molecular flexibility index (Phi) is 4.65. The predicted molar refractivity (Wildman–Crippen MR) is 78.1 cm³/mol. The van der Waals surface area contributed by atoms with Gasteiger partial charge in [-0.25, -0.2) is 0 Å². The molecule has 116 valence electrons. The Balaban J connectivity index is 2.06. The number of amides is 1. The standard InChI is InChI=1S/C15H23N3O3/c1-3-12-11(9-18(2)17-12)13(19)16-10-15(14(20)21)7-5-4-6-8-15/h9H,3-8,10H2,1-2H3,(H,16,19)(H,20,21). The molecule has 1 amide bonds. The highest BCUT2D eigenvalue weighted by Crippen LogP contribution is 2.36. The number of nitrogens with one attached hydrogen (secondary N) is 1. The van der Waals surface area contributed by atoms with Crippen LogP contribution in [0.1, 0.15) is 55.1 Å². The Bertz CT molecular complexity index is 530. The number of aliphatic carboxylic acids is 1. The maximum Gasteiger partial charge on any atom is 0.311 e. The molecule has 2 N–H and O–H groups in total. The summed E-state index contributed by atoms with van der Waals surface area (Å²) < 4.78 is 1.61. The number of hydrogen-bond donors (Lipinski definition) is 2. The third-order valence-corrected chi connectivity index (χ3v) is 4.34. The van der Waals surface area contributed by atoms with Crippen molar-refractivity contribution in [2.24, 2.45) is 12.5 Å². The molecule has 1 aromatic rings. The van der Waals surface area contributed by atoms with Crippen LogP contribution in [0.2, 0.25) is 0 Å². The van der Waals surface area contributed by atoms with Crippen molar-refractivity contribution in [1.82, 2.24) is 15.1 Å². The van der Waals surface area contributed by atoms with Crippen molar-refractivity contribution in [1.29, 1.82) is 0 Å². The Labute approximate surface area is 124 Å². The van der Waals surface area contributed by atoms with Gasteiger partial charge in [-0.15, -0.1) is 0 Å². The van der Waals surface area contributed by atoms with Gasteiger partial charge in [0.25, 0.3) is 5.91 Å². The second kappa shape index (κ2) is 6.28. The van der Waals surface area contributed by atoms with E-state index in [9.17, 15) is 14.7 Å². The average Bonchev–Trinajstić information content (AvgIpc) is 2.86. The predicted octanol–water partition coefficient (Wildman–Crippen LogP) is 1.75. The summed E-state index contributed by atoms with van der Waals surface area (Å²) in [4.78, 5) is 23.9. The molecule has 0 radical (unpaired) electrons. The van der Waals surface area contributed by atoms with Crippen LogP contribution in [0.5, 0.6) is 0 Å². The minimum Gasteiger partial charge on any atom is -0.481 e. The van der Waals surface area contributed by atoms with Gasteiger partial charge in [0.2, 0.25) is 0 Å². The molecular weight excluding hydrogens is 270 g/mol. The Morgan fingerprint density at radius 1 is 1.38 bits per heavy atom. The maximum atomic E-state index is 12.3. The van der Waals surface area contributed by atoms with Gasteiger partial charge < -0.3 is 10.4 Å². The van der Waals surface area contributed by atoms with Gasteiger partial charge in [-0.2, -0.15) is 5.10 Å². The first-order chi connectivity index (χ1) is 9.98. The number of carboxylic acid groups (broad SMARTS) is 1. The molecule has 0 saturated heterocycles. The molecule has 1 saturated carbocycles. The molecule has 0 aromatic carbocycles. The van der Waals surface area contributed by atoms with Crippen molar-refractivity contribution >= 4 is 11.9 Å². The molecule has 1 aliphatic rings.